The van der Waals surface area contributed by atoms with Crippen LogP contribution in [0.3, 0.4) is 0 Å². The zero-order chi connectivity index (χ0) is 17.1. The van der Waals surface area contributed by atoms with Crippen molar-refractivity contribution in [1.82, 2.24) is 0 Å². The van der Waals surface area contributed by atoms with Gasteiger partial charge in [0.05, 0.1) is 19.3 Å². The average Bonchev–Trinajstić information content (AvgIpc) is 2.50. The van der Waals surface area contributed by atoms with Crippen LogP contribution in [0.4, 0.5) is 0 Å². The Morgan fingerprint density at radius 2 is 1.78 bits per heavy atom. The molecule has 0 bridgehead atoms. The minimum absolute atomic E-state index is 0.126. The van der Waals surface area contributed by atoms with E-state index in [1.165, 1.54) is 5.19 Å². The highest BCUT2D eigenvalue weighted by Crippen LogP contribution is 2.55. The van der Waals surface area contributed by atoms with Crippen LogP contribution in [0.2, 0.25) is 13.1 Å². The molecule has 1 unspecified atom stereocenters. The Kier molecular flexibility index (Phi) is 5.70. The number of benzene rings is 1. The Labute approximate surface area is 140 Å². The van der Waals surface area contributed by atoms with Gasteiger partial charge in [-0.05, 0) is 6.92 Å². The molecule has 1 heterocycles. The maximum Gasteiger partial charge on any atom is 0.475 e. The Balaban J connectivity index is 1.97. The lowest BCUT2D eigenvalue weighted by atomic mass is 9.97. The summed E-state index contributed by atoms with van der Waals surface area (Å²) in [6, 6.07) is 10.4. The molecule has 1 aliphatic heterocycles. The molecule has 0 aliphatic carbocycles. The quantitative estimate of drug-likeness (QED) is 0.585. The lowest BCUT2D eigenvalue weighted by Gasteiger charge is -2.33. The third-order valence-electron chi connectivity index (χ3n) is 3.82. The Bertz CT molecular complexity index is 584. The molecule has 4 nitrogen and oxygen atoms in total. The molecule has 0 spiro atoms. The van der Waals surface area contributed by atoms with Gasteiger partial charge in [0.15, 0.2) is 0 Å². The molecule has 1 saturated heterocycles. The minimum Gasteiger partial charge on any atom is -0.286 e. The summed E-state index contributed by atoms with van der Waals surface area (Å²) in [6.45, 7) is 11.2. The fourth-order valence-corrected chi connectivity index (χ4v) is 5.91. The van der Waals surface area contributed by atoms with E-state index < -0.39 is 15.9 Å². The van der Waals surface area contributed by atoms with Gasteiger partial charge in [-0.15, -0.1) is 0 Å². The maximum absolute atomic E-state index is 12.4. The van der Waals surface area contributed by atoms with E-state index in [4.69, 9.17) is 13.6 Å². The van der Waals surface area contributed by atoms with Crippen molar-refractivity contribution in [2.45, 2.75) is 40.0 Å². The van der Waals surface area contributed by atoms with Crippen molar-refractivity contribution < 1.29 is 18.1 Å². The fourth-order valence-electron chi connectivity index (χ4n) is 2.23. The van der Waals surface area contributed by atoms with E-state index in [9.17, 15) is 4.57 Å². The normalized spacial score (nSPS) is 22.1. The van der Waals surface area contributed by atoms with Crippen molar-refractivity contribution in [2.24, 2.45) is 5.41 Å². The molecule has 0 radical (unpaired) electrons. The van der Waals surface area contributed by atoms with Gasteiger partial charge in [-0.3, -0.25) is 13.6 Å². The summed E-state index contributed by atoms with van der Waals surface area (Å²) in [7, 11) is -5.13. The van der Waals surface area contributed by atoms with Gasteiger partial charge in [-0.2, -0.15) is 0 Å². The topological polar surface area (TPSA) is 44.8 Å². The van der Waals surface area contributed by atoms with Crippen molar-refractivity contribution in [3.63, 3.8) is 0 Å². The number of rotatable bonds is 5. The van der Waals surface area contributed by atoms with Crippen LogP contribution in [-0.4, -0.2) is 27.4 Å². The molecule has 1 fully saturated rings. The zero-order valence-electron chi connectivity index (χ0n) is 14.6. The van der Waals surface area contributed by atoms with Crippen LogP contribution >= 0.6 is 7.82 Å². The van der Waals surface area contributed by atoms with Crippen LogP contribution in [0.25, 0.3) is 0 Å². The third kappa shape index (κ3) is 5.40. The number of hydrogen-bond acceptors (Lipinski definition) is 4. The molecular weight excluding hydrogens is 327 g/mol. The summed E-state index contributed by atoms with van der Waals surface area (Å²) < 4.78 is 28.7. The standard InChI is InChI=1S/C17H27O4PSi/c1-15(21-22(18)19-13-17(2,3)14-20-22)11-12-23(4,5)16-9-7-6-8-10-16/h6-12,15H,13-14H2,1-5H3/b12-11-. The highest BCUT2D eigenvalue weighted by molar-refractivity contribution is 7.48. The van der Waals surface area contributed by atoms with Crippen molar-refractivity contribution >= 4 is 21.1 Å². The van der Waals surface area contributed by atoms with Gasteiger partial charge < -0.3 is 0 Å². The largest absolute Gasteiger partial charge is 0.475 e. The van der Waals surface area contributed by atoms with Gasteiger partial charge in [-0.1, -0.05) is 74.2 Å². The first kappa shape index (κ1) is 18.6. The lowest BCUT2D eigenvalue weighted by Crippen LogP contribution is -2.39. The predicted octanol–water partition coefficient (Wildman–Crippen LogP) is 4.28. The first-order chi connectivity index (χ1) is 10.6. The molecule has 2 rings (SSSR count). The molecule has 0 amide bonds. The first-order valence-electron chi connectivity index (χ1n) is 7.94. The van der Waals surface area contributed by atoms with Crippen molar-refractivity contribution in [1.29, 1.82) is 0 Å². The SMILES string of the molecule is CC(/C=C\[Si](C)(C)c1ccccc1)OP1(=O)OCC(C)(C)CO1. The minimum atomic E-state index is -3.44. The molecule has 128 valence electrons. The van der Waals surface area contributed by atoms with Crippen LogP contribution in [0.1, 0.15) is 20.8 Å². The van der Waals surface area contributed by atoms with Gasteiger partial charge in [0.2, 0.25) is 0 Å². The summed E-state index contributed by atoms with van der Waals surface area (Å²) in [5.74, 6) is 0. The second kappa shape index (κ2) is 7.04. The molecule has 23 heavy (non-hydrogen) atoms. The fraction of sp³-hybridized carbons (Fsp3) is 0.529. The predicted molar refractivity (Wildman–Crippen MR) is 96.5 cm³/mol. The smallest absolute Gasteiger partial charge is 0.286 e. The van der Waals surface area contributed by atoms with Crippen LogP contribution in [-0.2, 0) is 18.1 Å². The van der Waals surface area contributed by atoms with E-state index in [2.05, 4.69) is 43.1 Å². The van der Waals surface area contributed by atoms with Gasteiger partial charge >= 0.3 is 7.82 Å². The van der Waals surface area contributed by atoms with E-state index >= 15 is 0 Å². The van der Waals surface area contributed by atoms with E-state index in [1.54, 1.807) is 0 Å². The maximum atomic E-state index is 12.4. The molecule has 6 heteroatoms. The number of hydrogen-bond donors (Lipinski definition) is 0. The summed E-state index contributed by atoms with van der Waals surface area (Å²) in [5, 5.41) is 1.35. The second-order valence-electron chi connectivity index (χ2n) is 7.42. The van der Waals surface area contributed by atoms with Crippen LogP contribution < -0.4 is 5.19 Å². The second-order valence-corrected chi connectivity index (χ2v) is 13.4. The van der Waals surface area contributed by atoms with E-state index in [1.807, 2.05) is 32.9 Å². The highest BCUT2D eigenvalue weighted by Gasteiger charge is 2.39. The van der Waals surface area contributed by atoms with Gasteiger partial charge in [-0.25, -0.2) is 4.57 Å². The Morgan fingerprint density at radius 3 is 2.35 bits per heavy atom. The summed E-state index contributed by atoms with van der Waals surface area (Å²) in [5.41, 5.74) is 2.08. The molecule has 0 N–H and O–H groups in total. The van der Waals surface area contributed by atoms with Crippen molar-refractivity contribution in [3.05, 3.63) is 42.1 Å². The third-order valence-corrected chi connectivity index (χ3v) is 8.15. The van der Waals surface area contributed by atoms with Gasteiger partial charge in [0.25, 0.3) is 0 Å². The zero-order valence-corrected chi connectivity index (χ0v) is 16.5. The lowest BCUT2D eigenvalue weighted by molar-refractivity contribution is -0.00397. The summed E-state index contributed by atoms with van der Waals surface area (Å²) in [6.07, 6.45) is 1.64. The average molecular weight is 354 g/mol. The van der Waals surface area contributed by atoms with Crippen molar-refractivity contribution in [2.75, 3.05) is 13.2 Å². The Hall–Kier alpha value is -0.713. The van der Waals surface area contributed by atoms with Crippen molar-refractivity contribution in [3.8, 4) is 0 Å². The first-order valence-corrected chi connectivity index (χ1v) is 12.5. The van der Waals surface area contributed by atoms with E-state index in [0.29, 0.717) is 13.2 Å². The van der Waals surface area contributed by atoms with Crippen LogP contribution in [0.15, 0.2) is 42.1 Å². The number of phosphoric ester groups is 1. The van der Waals surface area contributed by atoms with Crippen LogP contribution in [0.5, 0.6) is 0 Å². The molecule has 1 atom stereocenters. The van der Waals surface area contributed by atoms with Gasteiger partial charge in [0.1, 0.15) is 8.07 Å². The van der Waals surface area contributed by atoms with Gasteiger partial charge in [0, 0.05) is 5.41 Å². The summed E-state index contributed by atoms with van der Waals surface area (Å²) >= 11 is 0. The summed E-state index contributed by atoms with van der Waals surface area (Å²) in [4.78, 5) is 0. The van der Waals surface area contributed by atoms with E-state index in [-0.39, 0.29) is 11.5 Å². The highest BCUT2D eigenvalue weighted by atomic mass is 31.2. The molecule has 1 aromatic carbocycles. The molecular formula is C17H27O4PSi. The van der Waals surface area contributed by atoms with Crippen LogP contribution in [0, 0.1) is 5.41 Å². The number of phosphoric acid groups is 1. The Morgan fingerprint density at radius 1 is 1.22 bits per heavy atom. The molecule has 0 saturated carbocycles. The molecule has 1 aliphatic rings. The monoisotopic (exact) mass is 354 g/mol. The molecule has 0 aromatic heterocycles. The molecule has 1 aromatic rings. The van der Waals surface area contributed by atoms with E-state index in [0.717, 1.165) is 0 Å².